The van der Waals surface area contributed by atoms with Crippen molar-refractivity contribution in [1.82, 2.24) is 4.98 Å². The molecule has 1 aliphatic heterocycles. The van der Waals surface area contributed by atoms with Crippen LogP contribution < -0.4 is 15.8 Å². The highest BCUT2D eigenvalue weighted by Crippen LogP contribution is 2.39. The molecule has 2 aliphatic rings. The van der Waals surface area contributed by atoms with E-state index in [1.165, 1.54) is 0 Å². The van der Waals surface area contributed by atoms with Crippen LogP contribution in [0.1, 0.15) is 6.42 Å². The van der Waals surface area contributed by atoms with Crippen molar-refractivity contribution in [3.8, 4) is 5.88 Å². The van der Waals surface area contributed by atoms with Gasteiger partial charge in [0.1, 0.15) is 5.82 Å². The van der Waals surface area contributed by atoms with Gasteiger partial charge < -0.3 is 20.5 Å². The molecular formula is C12H17N3O2. The zero-order valence-corrected chi connectivity index (χ0v) is 9.80. The quantitative estimate of drug-likeness (QED) is 0.803. The van der Waals surface area contributed by atoms with Gasteiger partial charge in [0.05, 0.1) is 19.3 Å². The largest absolute Gasteiger partial charge is 0.481 e. The maximum atomic E-state index is 6.12. The molecule has 1 aromatic rings. The van der Waals surface area contributed by atoms with Crippen LogP contribution in [-0.2, 0) is 4.74 Å². The molecule has 0 spiro atoms. The SMILES string of the molecule is COc1cccc(NC2C(N)C3CCOC32)n1. The molecule has 0 bridgehead atoms. The molecule has 5 nitrogen and oxygen atoms in total. The van der Waals surface area contributed by atoms with E-state index in [0.29, 0.717) is 11.8 Å². The molecule has 1 aliphatic carbocycles. The Morgan fingerprint density at radius 1 is 1.53 bits per heavy atom. The van der Waals surface area contributed by atoms with E-state index in [4.69, 9.17) is 15.2 Å². The number of pyridine rings is 1. The summed E-state index contributed by atoms with van der Waals surface area (Å²) in [6, 6.07) is 5.97. The predicted octanol–water partition coefficient (Wildman–Crippen LogP) is 0.617. The maximum absolute atomic E-state index is 6.12. The minimum atomic E-state index is 0.163. The normalized spacial score (nSPS) is 34.9. The first-order valence-electron chi connectivity index (χ1n) is 5.94. The molecule has 5 heteroatoms. The highest BCUT2D eigenvalue weighted by atomic mass is 16.5. The lowest BCUT2D eigenvalue weighted by atomic mass is 9.72. The summed E-state index contributed by atoms with van der Waals surface area (Å²) in [7, 11) is 1.61. The monoisotopic (exact) mass is 235 g/mol. The highest BCUT2D eigenvalue weighted by Gasteiger charge is 2.52. The van der Waals surface area contributed by atoms with E-state index in [9.17, 15) is 0 Å². The van der Waals surface area contributed by atoms with Crippen LogP contribution in [0, 0.1) is 5.92 Å². The molecule has 0 radical (unpaired) electrons. The molecule has 1 aromatic heterocycles. The molecule has 17 heavy (non-hydrogen) atoms. The van der Waals surface area contributed by atoms with E-state index in [0.717, 1.165) is 18.8 Å². The Labute approximate surface area is 100 Å². The van der Waals surface area contributed by atoms with E-state index < -0.39 is 0 Å². The Balaban J connectivity index is 1.70. The molecule has 1 saturated heterocycles. The van der Waals surface area contributed by atoms with Crippen LogP contribution in [0.5, 0.6) is 5.88 Å². The first-order chi connectivity index (χ1) is 8.29. The Morgan fingerprint density at radius 3 is 3.24 bits per heavy atom. The van der Waals surface area contributed by atoms with E-state index in [2.05, 4.69) is 10.3 Å². The smallest absolute Gasteiger partial charge is 0.214 e. The van der Waals surface area contributed by atoms with Crippen molar-refractivity contribution >= 4 is 5.82 Å². The van der Waals surface area contributed by atoms with Gasteiger partial charge in [0, 0.05) is 24.6 Å². The van der Waals surface area contributed by atoms with E-state index in [1.807, 2.05) is 18.2 Å². The number of nitrogens with zero attached hydrogens (tertiary/aromatic N) is 1. The number of anilines is 1. The van der Waals surface area contributed by atoms with Crippen molar-refractivity contribution in [2.45, 2.75) is 24.6 Å². The zero-order chi connectivity index (χ0) is 11.8. The van der Waals surface area contributed by atoms with Gasteiger partial charge in [-0.2, -0.15) is 4.98 Å². The predicted molar refractivity (Wildman–Crippen MR) is 64.0 cm³/mol. The summed E-state index contributed by atoms with van der Waals surface area (Å²) in [6.07, 6.45) is 1.33. The Kier molecular flexibility index (Phi) is 2.64. The van der Waals surface area contributed by atoms with Crippen LogP contribution in [0.4, 0.5) is 5.82 Å². The second-order valence-corrected chi connectivity index (χ2v) is 4.60. The number of hydrogen-bond donors (Lipinski definition) is 2. The van der Waals surface area contributed by atoms with Crippen LogP contribution in [0.2, 0.25) is 0 Å². The fourth-order valence-corrected chi connectivity index (χ4v) is 2.71. The van der Waals surface area contributed by atoms with Crippen molar-refractivity contribution in [3.63, 3.8) is 0 Å². The number of aromatic nitrogens is 1. The van der Waals surface area contributed by atoms with Crippen molar-refractivity contribution in [2.24, 2.45) is 11.7 Å². The number of methoxy groups -OCH3 is 1. The van der Waals surface area contributed by atoms with E-state index in [1.54, 1.807) is 7.11 Å². The summed E-state index contributed by atoms with van der Waals surface area (Å²) < 4.78 is 10.8. The summed E-state index contributed by atoms with van der Waals surface area (Å²) in [4.78, 5) is 4.32. The zero-order valence-electron chi connectivity index (χ0n) is 9.80. The summed E-state index contributed by atoms with van der Waals surface area (Å²) >= 11 is 0. The van der Waals surface area contributed by atoms with Crippen LogP contribution in [0.15, 0.2) is 18.2 Å². The average Bonchev–Trinajstić information content (AvgIpc) is 2.81. The molecule has 0 aromatic carbocycles. The van der Waals surface area contributed by atoms with Gasteiger partial charge in [0.25, 0.3) is 0 Å². The third-order valence-electron chi connectivity index (χ3n) is 3.69. The average molecular weight is 235 g/mol. The van der Waals surface area contributed by atoms with Gasteiger partial charge in [-0.05, 0) is 12.5 Å². The maximum Gasteiger partial charge on any atom is 0.214 e. The first-order valence-corrected chi connectivity index (χ1v) is 5.94. The number of ether oxygens (including phenoxy) is 2. The van der Waals surface area contributed by atoms with Gasteiger partial charge in [0.2, 0.25) is 5.88 Å². The summed E-state index contributed by atoms with van der Waals surface area (Å²) in [5, 5.41) is 3.33. The van der Waals surface area contributed by atoms with Crippen LogP contribution in [0.3, 0.4) is 0 Å². The summed E-state index contributed by atoms with van der Waals surface area (Å²) in [5.74, 6) is 1.91. The standard InChI is InChI=1S/C12H17N3O2/c1-16-9-4-2-3-8(14-9)15-11-10(13)7-5-6-17-12(7)11/h2-4,7,10-12H,5-6,13H2,1H3,(H,14,15). The minimum absolute atomic E-state index is 0.163. The number of fused-ring (bicyclic) bond motifs is 1. The van der Waals surface area contributed by atoms with Gasteiger partial charge in [0.15, 0.2) is 0 Å². The van der Waals surface area contributed by atoms with Gasteiger partial charge in [-0.1, -0.05) is 6.07 Å². The molecule has 1 saturated carbocycles. The molecule has 2 heterocycles. The fraction of sp³-hybridized carbons (Fsp3) is 0.583. The van der Waals surface area contributed by atoms with Crippen LogP contribution in [0.25, 0.3) is 0 Å². The number of nitrogens with one attached hydrogen (secondary N) is 1. The van der Waals surface area contributed by atoms with Gasteiger partial charge in [-0.3, -0.25) is 0 Å². The second kappa shape index (κ2) is 4.16. The van der Waals surface area contributed by atoms with Crippen molar-refractivity contribution < 1.29 is 9.47 Å². The Morgan fingerprint density at radius 2 is 2.41 bits per heavy atom. The lowest BCUT2D eigenvalue weighted by molar-refractivity contribution is 0.00522. The molecule has 92 valence electrons. The molecule has 3 N–H and O–H groups in total. The molecule has 3 rings (SSSR count). The summed E-state index contributed by atoms with van der Waals surface area (Å²) in [6.45, 7) is 0.826. The number of rotatable bonds is 3. The van der Waals surface area contributed by atoms with E-state index in [-0.39, 0.29) is 18.2 Å². The summed E-state index contributed by atoms with van der Waals surface area (Å²) in [5.41, 5.74) is 6.12. The highest BCUT2D eigenvalue weighted by molar-refractivity contribution is 5.40. The lowest BCUT2D eigenvalue weighted by Gasteiger charge is -2.45. The molecule has 4 atom stereocenters. The Bertz CT molecular complexity index is 412. The second-order valence-electron chi connectivity index (χ2n) is 4.60. The van der Waals surface area contributed by atoms with Gasteiger partial charge in [-0.15, -0.1) is 0 Å². The first kappa shape index (κ1) is 10.8. The van der Waals surface area contributed by atoms with Gasteiger partial charge >= 0.3 is 0 Å². The Hall–Kier alpha value is -1.33. The number of hydrogen-bond acceptors (Lipinski definition) is 5. The van der Waals surface area contributed by atoms with Crippen molar-refractivity contribution in [3.05, 3.63) is 18.2 Å². The van der Waals surface area contributed by atoms with Gasteiger partial charge in [-0.25, -0.2) is 0 Å². The topological polar surface area (TPSA) is 69.4 Å². The minimum Gasteiger partial charge on any atom is -0.481 e. The molecule has 2 fully saturated rings. The molecule has 4 unspecified atom stereocenters. The molecule has 0 amide bonds. The van der Waals surface area contributed by atoms with Crippen LogP contribution in [-0.4, -0.2) is 36.9 Å². The lowest BCUT2D eigenvalue weighted by Crippen LogP contribution is -2.65. The number of nitrogens with two attached hydrogens (primary N) is 1. The third-order valence-corrected chi connectivity index (χ3v) is 3.69. The van der Waals surface area contributed by atoms with Crippen LogP contribution >= 0.6 is 0 Å². The third kappa shape index (κ3) is 1.75. The molecular weight excluding hydrogens is 218 g/mol. The fourth-order valence-electron chi connectivity index (χ4n) is 2.71. The van der Waals surface area contributed by atoms with Crippen molar-refractivity contribution in [2.75, 3.05) is 19.0 Å². The van der Waals surface area contributed by atoms with E-state index >= 15 is 0 Å². The van der Waals surface area contributed by atoms with Crippen molar-refractivity contribution in [1.29, 1.82) is 0 Å².